The number of benzene rings is 1. The molecule has 0 bridgehead atoms. The molecule has 1 fully saturated rings. The largest absolute Gasteiger partial charge is 0.386 e. The Labute approximate surface area is 106 Å². The molecule has 1 aromatic carbocycles. The summed E-state index contributed by atoms with van der Waals surface area (Å²) < 4.78 is 0. The van der Waals surface area contributed by atoms with Gasteiger partial charge in [0.15, 0.2) is 0 Å². The van der Waals surface area contributed by atoms with E-state index in [0.717, 1.165) is 18.7 Å². The Kier molecular flexibility index (Phi) is 3.31. The van der Waals surface area contributed by atoms with Crippen molar-refractivity contribution in [3.63, 3.8) is 0 Å². The monoisotopic (exact) mass is 252 g/mol. The van der Waals surface area contributed by atoms with E-state index in [9.17, 15) is 5.11 Å². The van der Waals surface area contributed by atoms with Gasteiger partial charge in [-0.2, -0.15) is 0 Å². The van der Waals surface area contributed by atoms with Gasteiger partial charge in [0, 0.05) is 18.1 Å². The summed E-state index contributed by atoms with van der Waals surface area (Å²) in [7, 11) is 0. The van der Waals surface area contributed by atoms with Gasteiger partial charge < -0.3 is 15.7 Å². The van der Waals surface area contributed by atoms with Crippen LogP contribution in [-0.2, 0) is 5.60 Å². The summed E-state index contributed by atoms with van der Waals surface area (Å²) in [4.78, 5) is 1.99. The smallest absolute Gasteiger partial charge is 0.0930 e. The second-order valence-corrected chi connectivity index (χ2v) is 4.95. The highest BCUT2D eigenvalue weighted by Gasteiger charge is 2.33. The third kappa shape index (κ3) is 2.56. The summed E-state index contributed by atoms with van der Waals surface area (Å²) in [6, 6.07) is 7.39. The molecule has 1 aliphatic heterocycles. The fourth-order valence-electron chi connectivity index (χ4n) is 2.21. The Hall–Kier alpha value is -1.19. The van der Waals surface area contributed by atoms with Gasteiger partial charge in [0.2, 0.25) is 0 Å². The minimum atomic E-state index is -0.767. The van der Waals surface area contributed by atoms with Crippen LogP contribution in [0.1, 0.15) is 18.4 Å². The van der Waals surface area contributed by atoms with Crippen LogP contribution in [0.4, 0.5) is 0 Å². The molecule has 0 aliphatic carbocycles. The highest BCUT2D eigenvalue weighted by atomic mass is 35.5. The molecule has 1 heterocycles. The summed E-state index contributed by atoms with van der Waals surface area (Å²) in [6.45, 7) is 5.18. The van der Waals surface area contributed by atoms with E-state index in [1.165, 1.54) is 0 Å². The lowest BCUT2D eigenvalue weighted by Gasteiger charge is -2.39. The molecule has 2 rings (SSSR count). The molecule has 0 atom stereocenters. The lowest BCUT2D eigenvalue weighted by atomic mass is 9.84. The van der Waals surface area contributed by atoms with Gasteiger partial charge in [-0.3, -0.25) is 0 Å². The van der Waals surface area contributed by atoms with Gasteiger partial charge in [0.25, 0.3) is 0 Å². The van der Waals surface area contributed by atoms with Crippen LogP contribution >= 0.6 is 11.6 Å². The van der Waals surface area contributed by atoms with Crippen LogP contribution in [0.5, 0.6) is 0 Å². The average molecular weight is 253 g/mol. The van der Waals surface area contributed by atoms with Crippen molar-refractivity contribution in [3.8, 4) is 0 Å². The molecule has 1 saturated heterocycles. The molecule has 3 nitrogen and oxygen atoms in total. The summed E-state index contributed by atoms with van der Waals surface area (Å²) in [6.07, 6.45) is 1.32. The maximum Gasteiger partial charge on any atom is 0.0930 e. The maximum atomic E-state index is 10.6. The molecule has 1 aliphatic rings. The Morgan fingerprint density at radius 3 is 2.29 bits per heavy atom. The molecule has 1 aromatic rings. The minimum Gasteiger partial charge on any atom is -0.386 e. The molecule has 17 heavy (non-hydrogen) atoms. The van der Waals surface area contributed by atoms with Crippen molar-refractivity contribution in [2.75, 3.05) is 13.1 Å². The zero-order valence-corrected chi connectivity index (χ0v) is 10.5. The van der Waals surface area contributed by atoms with Gasteiger partial charge in [-0.1, -0.05) is 30.3 Å². The number of hydrogen-bond donors (Lipinski definition) is 2. The molecule has 92 valence electrons. The molecule has 3 N–H and O–H groups in total. The molecular weight excluding hydrogens is 236 g/mol. The van der Waals surface area contributed by atoms with Crippen LogP contribution in [-0.4, -0.2) is 23.1 Å². The van der Waals surface area contributed by atoms with E-state index in [2.05, 4.69) is 6.58 Å². The van der Waals surface area contributed by atoms with Gasteiger partial charge in [-0.05, 0) is 30.5 Å². The second-order valence-electron chi connectivity index (χ2n) is 4.52. The summed E-state index contributed by atoms with van der Waals surface area (Å²) >= 11 is 5.84. The third-order valence-electron chi connectivity index (χ3n) is 3.38. The lowest BCUT2D eigenvalue weighted by Crippen LogP contribution is -2.43. The number of likely N-dealkylation sites (tertiary alicyclic amines) is 1. The van der Waals surface area contributed by atoms with Crippen LogP contribution in [0.3, 0.4) is 0 Å². The molecule has 0 aromatic heterocycles. The summed E-state index contributed by atoms with van der Waals surface area (Å²) in [5.41, 5.74) is 5.80. The van der Waals surface area contributed by atoms with Gasteiger partial charge >= 0.3 is 0 Å². The summed E-state index contributed by atoms with van der Waals surface area (Å²) in [5.74, 6) is 0.572. The van der Waals surface area contributed by atoms with Crippen LogP contribution < -0.4 is 5.73 Å². The first-order valence-electron chi connectivity index (χ1n) is 5.69. The maximum absolute atomic E-state index is 10.6. The highest BCUT2D eigenvalue weighted by Crippen LogP contribution is 2.33. The Morgan fingerprint density at radius 1 is 1.29 bits per heavy atom. The van der Waals surface area contributed by atoms with E-state index >= 15 is 0 Å². The molecule has 0 amide bonds. The normalized spacial score (nSPS) is 19.1. The quantitative estimate of drug-likeness (QED) is 0.847. The number of aliphatic hydroxyl groups is 1. The standard InChI is InChI=1S/C13H17ClN2O/c1-10(15)16-8-6-13(17,7-9-16)11-2-4-12(14)5-3-11/h2-5,17H,1,6-9,15H2. The highest BCUT2D eigenvalue weighted by molar-refractivity contribution is 6.30. The molecule has 4 heteroatoms. The van der Waals surface area contributed by atoms with Crippen molar-refractivity contribution in [2.24, 2.45) is 5.73 Å². The van der Waals surface area contributed by atoms with Gasteiger partial charge in [0.05, 0.1) is 11.4 Å². The number of nitrogens with zero attached hydrogens (tertiary/aromatic N) is 1. The van der Waals surface area contributed by atoms with Crippen LogP contribution in [0.25, 0.3) is 0 Å². The molecule has 0 saturated carbocycles. The predicted octanol–water partition coefficient (Wildman–Crippen LogP) is 2.05. The Morgan fingerprint density at radius 2 is 1.82 bits per heavy atom. The van der Waals surface area contributed by atoms with Crippen LogP contribution in [0.15, 0.2) is 36.7 Å². The summed E-state index contributed by atoms with van der Waals surface area (Å²) in [5, 5.41) is 11.3. The molecule has 0 radical (unpaired) electrons. The number of hydrogen-bond acceptors (Lipinski definition) is 3. The van der Waals surface area contributed by atoms with Crippen molar-refractivity contribution in [1.82, 2.24) is 4.90 Å². The molecular formula is C13H17ClN2O. The predicted molar refractivity (Wildman–Crippen MR) is 69.5 cm³/mol. The average Bonchev–Trinajstić information content (AvgIpc) is 2.30. The van der Waals surface area contributed by atoms with Crippen molar-refractivity contribution < 1.29 is 5.11 Å². The van der Waals surface area contributed by atoms with E-state index < -0.39 is 5.60 Å². The first kappa shape index (κ1) is 12.3. The number of halogens is 1. The Balaban J connectivity index is 2.11. The van der Waals surface area contributed by atoms with E-state index in [-0.39, 0.29) is 0 Å². The van der Waals surface area contributed by atoms with Gasteiger partial charge in [-0.15, -0.1) is 0 Å². The van der Waals surface area contributed by atoms with Crippen molar-refractivity contribution in [1.29, 1.82) is 0 Å². The zero-order valence-electron chi connectivity index (χ0n) is 9.69. The molecule has 0 unspecified atom stereocenters. The minimum absolute atomic E-state index is 0.572. The van der Waals surface area contributed by atoms with Crippen LogP contribution in [0, 0.1) is 0 Å². The van der Waals surface area contributed by atoms with Crippen molar-refractivity contribution in [3.05, 3.63) is 47.3 Å². The first-order valence-corrected chi connectivity index (χ1v) is 6.07. The Bertz CT molecular complexity index is 408. The second kappa shape index (κ2) is 4.59. The molecule has 0 spiro atoms. The number of nitrogens with two attached hydrogens (primary N) is 1. The van der Waals surface area contributed by atoms with Crippen molar-refractivity contribution in [2.45, 2.75) is 18.4 Å². The van der Waals surface area contributed by atoms with E-state index in [1.807, 2.05) is 29.2 Å². The van der Waals surface area contributed by atoms with Crippen LogP contribution in [0.2, 0.25) is 5.02 Å². The lowest BCUT2D eigenvalue weighted by molar-refractivity contribution is -0.0187. The third-order valence-corrected chi connectivity index (χ3v) is 3.63. The van der Waals surface area contributed by atoms with E-state index in [4.69, 9.17) is 17.3 Å². The van der Waals surface area contributed by atoms with Gasteiger partial charge in [-0.25, -0.2) is 0 Å². The SMILES string of the molecule is C=C(N)N1CCC(O)(c2ccc(Cl)cc2)CC1. The van der Waals surface area contributed by atoms with E-state index in [0.29, 0.717) is 23.7 Å². The van der Waals surface area contributed by atoms with Crippen molar-refractivity contribution >= 4 is 11.6 Å². The first-order chi connectivity index (χ1) is 8.01. The van der Waals surface area contributed by atoms with Gasteiger partial charge in [0.1, 0.15) is 0 Å². The fourth-order valence-corrected chi connectivity index (χ4v) is 2.34. The zero-order chi connectivity index (χ0) is 12.5. The topological polar surface area (TPSA) is 49.5 Å². The number of rotatable bonds is 2. The van der Waals surface area contributed by atoms with E-state index in [1.54, 1.807) is 0 Å². The number of piperidine rings is 1. The fraction of sp³-hybridized carbons (Fsp3) is 0.385.